The summed E-state index contributed by atoms with van der Waals surface area (Å²) in [6.07, 6.45) is 5.36. The van der Waals surface area contributed by atoms with Crippen LogP contribution in [0.3, 0.4) is 0 Å². The first-order valence-electron chi connectivity index (χ1n) is 9.61. The number of rotatable bonds is 6. The van der Waals surface area contributed by atoms with Gasteiger partial charge in [-0.1, -0.05) is 35.3 Å². The third kappa shape index (κ3) is 4.92. The minimum Gasteiger partial charge on any atom is -0.470 e. The highest BCUT2D eigenvalue weighted by molar-refractivity contribution is 6.42. The molecule has 1 fully saturated rings. The van der Waals surface area contributed by atoms with Crippen molar-refractivity contribution in [2.45, 2.75) is 13.3 Å². The number of nitrogens with zero attached hydrogens (tertiary/aromatic N) is 5. The standard InChI is InChI=1S/C21H21Cl2N5O2/c22-17-4-1-5-19(20(17)23)30-15-28-8-6-18(25-28)21(29)27-11-9-26(10-12-27)14-16-3-2-7-24-13-16/h1-8,13H,9-12,14-15H2. The van der Waals surface area contributed by atoms with Crippen LogP contribution in [-0.4, -0.2) is 56.7 Å². The van der Waals surface area contributed by atoms with Gasteiger partial charge in [-0.25, -0.2) is 4.68 Å². The zero-order chi connectivity index (χ0) is 20.9. The largest absolute Gasteiger partial charge is 0.470 e. The van der Waals surface area contributed by atoms with Gasteiger partial charge in [0.15, 0.2) is 12.4 Å². The number of carbonyl (C=O) groups excluding carboxylic acids is 1. The van der Waals surface area contributed by atoms with Crippen molar-refractivity contribution in [1.82, 2.24) is 24.6 Å². The van der Waals surface area contributed by atoms with Gasteiger partial charge < -0.3 is 9.64 Å². The van der Waals surface area contributed by atoms with Crippen LogP contribution in [0.15, 0.2) is 55.0 Å². The zero-order valence-electron chi connectivity index (χ0n) is 16.2. The van der Waals surface area contributed by atoms with E-state index in [4.69, 9.17) is 27.9 Å². The monoisotopic (exact) mass is 445 g/mol. The highest BCUT2D eigenvalue weighted by Crippen LogP contribution is 2.31. The van der Waals surface area contributed by atoms with E-state index in [2.05, 4.69) is 21.0 Å². The number of piperazine rings is 1. The average molecular weight is 446 g/mol. The van der Waals surface area contributed by atoms with Crippen LogP contribution < -0.4 is 4.74 Å². The lowest BCUT2D eigenvalue weighted by molar-refractivity contribution is 0.0620. The number of amides is 1. The predicted octanol–water partition coefficient (Wildman–Crippen LogP) is 3.58. The van der Waals surface area contributed by atoms with Gasteiger partial charge in [-0.3, -0.25) is 14.7 Å². The molecule has 156 valence electrons. The summed E-state index contributed by atoms with van der Waals surface area (Å²) in [5, 5.41) is 5.12. The van der Waals surface area contributed by atoms with Crippen LogP contribution in [-0.2, 0) is 13.3 Å². The Morgan fingerprint density at radius 3 is 2.67 bits per heavy atom. The molecule has 3 aromatic rings. The van der Waals surface area contributed by atoms with E-state index in [0.29, 0.717) is 34.6 Å². The molecule has 0 N–H and O–H groups in total. The van der Waals surface area contributed by atoms with Crippen LogP contribution in [0.25, 0.3) is 0 Å². The van der Waals surface area contributed by atoms with E-state index < -0.39 is 0 Å². The quantitative estimate of drug-likeness (QED) is 0.579. The van der Waals surface area contributed by atoms with Crippen LogP contribution in [0.1, 0.15) is 16.1 Å². The third-order valence-corrected chi connectivity index (χ3v) is 5.72. The Morgan fingerprint density at radius 1 is 1.07 bits per heavy atom. The van der Waals surface area contributed by atoms with Crippen molar-refractivity contribution in [3.8, 4) is 5.75 Å². The summed E-state index contributed by atoms with van der Waals surface area (Å²) >= 11 is 12.1. The van der Waals surface area contributed by atoms with Crippen molar-refractivity contribution >= 4 is 29.1 Å². The molecule has 0 unspecified atom stereocenters. The molecule has 4 rings (SSSR count). The molecule has 0 atom stereocenters. The molecule has 0 radical (unpaired) electrons. The number of pyridine rings is 1. The Bertz CT molecular complexity index is 1000. The molecule has 0 saturated carbocycles. The average Bonchev–Trinajstić information content (AvgIpc) is 3.25. The van der Waals surface area contributed by atoms with Crippen molar-refractivity contribution in [2.24, 2.45) is 0 Å². The van der Waals surface area contributed by atoms with Crippen LogP contribution in [0.2, 0.25) is 10.0 Å². The summed E-state index contributed by atoms with van der Waals surface area (Å²) in [5.74, 6) is 0.396. The normalized spacial score (nSPS) is 14.7. The number of benzene rings is 1. The van der Waals surface area contributed by atoms with Gasteiger partial charge in [0.05, 0.1) is 5.02 Å². The molecule has 0 bridgehead atoms. The second kappa shape index (κ2) is 9.47. The Labute approximate surface area is 184 Å². The fourth-order valence-corrected chi connectivity index (χ4v) is 3.65. The number of halogens is 2. The number of carbonyl (C=O) groups is 1. The summed E-state index contributed by atoms with van der Waals surface area (Å²) in [4.78, 5) is 21.1. The second-order valence-corrected chi connectivity index (χ2v) is 7.78. The number of hydrogen-bond acceptors (Lipinski definition) is 5. The molecule has 2 aromatic heterocycles. The second-order valence-electron chi connectivity index (χ2n) is 7.00. The first-order chi connectivity index (χ1) is 14.6. The van der Waals surface area contributed by atoms with Crippen molar-refractivity contribution in [3.63, 3.8) is 0 Å². The van der Waals surface area contributed by atoms with E-state index in [1.165, 1.54) is 5.56 Å². The number of ether oxygens (including phenoxy) is 1. The Kier molecular flexibility index (Phi) is 6.52. The maximum atomic E-state index is 12.8. The van der Waals surface area contributed by atoms with E-state index in [-0.39, 0.29) is 12.6 Å². The first-order valence-corrected chi connectivity index (χ1v) is 10.4. The molecular weight excluding hydrogens is 425 g/mol. The molecule has 9 heteroatoms. The Balaban J connectivity index is 1.29. The van der Waals surface area contributed by atoms with Gasteiger partial charge in [0, 0.05) is 51.3 Å². The van der Waals surface area contributed by atoms with Crippen LogP contribution in [0.5, 0.6) is 5.75 Å². The van der Waals surface area contributed by atoms with Crippen molar-refractivity contribution < 1.29 is 9.53 Å². The van der Waals surface area contributed by atoms with Crippen LogP contribution >= 0.6 is 23.2 Å². The van der Waals surface area contributed by atoms with Gasteiger partial charge in [0.25, 0.3) is 5.91 Å². The highest BCUT2D eigenvalue weighted by Gasteiger charge is 2.23. The van der Waals surface area contributed by atoms with E-state index in [1.807, 2.05) is 17.2 Å². The topological polar surface area (TPSA) is 63.5 Å². The van der Waals surface area contributed by atoms with Gasteiger partial charge in [0.2, 0.25) is 0 Å². The van der Waals surface area contributed by atoms with E-state index in [9.17, 15) is 4.79 Å². The molecule has 7 nitrogen and oxygen atoms in total. The molecule has 30 heavy (non-hydrogen) atoms. The lowest BCUT2D eigenvalue weighted by Gasteiger charge is -2.34. The summed E-state index contributed by atoms with van der Waals surface area (Å²) in [7, 11) is 0. The molecule has 1 saturated heterocycles. The first kappa shape index (κ1) is 20.7. The maximum Gasteiger partial charge on any atom is 0.274 e. The molecule has 1 aliphatic rings. The predicted molar refractivity (Wildman–Crippen MR) is 115 cm³/mol. The minimum atomic E-state index is -0.0736. The smallest absolute Gasteiger partial charge is 0.274 e. The summed E-state index contributed by atoms with van der Waals surface area (Å²) in [5.41, 5.74) is 1.58. The molecule has 1 amide bonds. The van der Waals surface area contributed by atoms with Gasteiger partial charge >= 0.3 is 0 Å². The maximum absolute atomic E-state index is 12.8. The van der Waals surface area contributed by atoms with E-state index in [0.717, 1.165) is 19.6 Å². The van der Waals surface area contributed by atoms with E-state index >= 15 is 0 Å². The minimum absolute atomic E-state index is 0.0736. The lowest BCUT2D eigenvalue weighted by atomic mass is 10.2. The fraction of sp³-hybridized carbons (Fsp3) is 0.286. The summed E-state index contributed by atoms with van der Waals surface area (Å²) < 4.78 is 7.22. The van der Waals surface area contributed by atoms with Crippen LogP contribution in [0.4, 0.5) is 0 Å². The highest BCUT2D eigenvalue weighted by atomic mass is 35.5. The SMILES string of the molecule is O=C(c1ccn(COc2cccc(Cl)c2Cl)n1)N1CCN(Cc2cccnc2)CC1. The number of hydrogen-bond donors (Lipinski definition) is 0. The van der Waals surface area contributed by atoms with Crippen LogP contribution in [0, 0.1) is 0 Å². The molecule has 3 heterocycles. The van der Waals surface area contributed by atoms with Crippen molar-refractivity contribution in [3.05, 3.63) is 76.3 Å². The molecule has 1 aromatic carbocycles. The molecule has 0 spiro atoms. The van der Waals surface area contributed by atoms with Crippen molar-refractivity contribution in [2.75, 3.05) is 26.2 Å². The third-order valence-electron chi connectivity index (χ3n) is 4.92. The summed E-state index contributed by atoms with van der Waals surface area (Å²) in [6, 6.07) is 10.9. The molecular formula is C21H21Cl2N5O2. The summed E-state index contributed by atoms with van der Waals surface area (Å²) in [6.45, 7) is 3.94. The lowest BCUT2D eigenvalue weighted by Crippen LogP contribution is -2.48. The molecule has 0 aliphatic carbocycles. The van der Waals surface area contributed by atoms with Gasteiger partial charge in [-0.05, 0) is 29.8 Å². The Hall–Kier alpha value is -2.61. The number of aromatic nitrogens is 3. The molecule has 1 aliphatic heterocycles. The van der Waals surface area contributed by atoms with E-state index in [1.54, 1.807) is 41.3 Å². The van der Waals surface area contributed by atoms with Gasteiger partial charge in [-0.15, -0.1) is 0 Å². The fourth-order valence-electron chi connectivity index (χ4n) is 3.30. The van der Waals surface area contributed by atoms with Gasteiger partial charge in [0.1, 0.15) is 10.8 Å². The van der Waals surface area contributed by atoms with Crippen molar-refractivity contribution in [1.29, 1.82) is 0 Å². The Morgan fingerprint density at radius 2 is 1.90 bits per heavy atom. The zero-order valence-corrected chi connectivity index (χ0v) is 17.8. The van der Waals surface area contributed by atoms with Gasteiger partial charge in [-0.2, -0.15) is 5.10 Å².